The first-order valence-corrected chi connectivity index (χ1v) is 9.83. The highest BCUT2D eigenvalue weighted by Gasteiger charge is 2.50. The largest absolute Gasteiger partial charge is 0.366 e. The number of nitrogens with two attached hydrogens (primary N) is 2. The van der Waals surface area contributed by atoms with Crippen LogP contribution in [-0.2, 0) is 9.59 Å². The summed E-state index contributed by atoms with van der Waals surface area (Å²) in [6.07, 6.45) is 2.15. The molecule has 2 bridgehead atoms. The van der Waals surface area contributed by atoms with E-state index in [1.807, 2.05) is 4.90 Å². The van der Waals surface area contributed by atoms with Crippen LogP contribution in [0.4, 0.5) is 5.69 Å². The zero-order valence-electron chi connectivity index (χ0n) is 16.0. The van der Waals surface area contributed by atoms with E-state index in [1.54, 1.807) is 34.1 Å². The summed E-state index contributed by atoms with van der Waals surface area (Å²) >= 11 is 0. The van der Waals surface area contributed by atoms with Crippen molar-refractivity contribution in [3.05, 3.63) is 29.8 Å². The van der Waals surface area contributed by atoms with Gasteiger partial charge in [-0.15, -0.1) is 0 Å². The van der Waals surface area contributed by atoms with Gasteiger partial charge < -0.3 is 21.3 Å². The SMILES string of the molecule is N#CC1CCCN1C(=O)C(N)CN1C[C@@H]2CC1C(=O)N2c1cccc(C(N)=O)c1. The third-order valence-corrected chi connectivity index (χ3v) is 6.11. The van der Waals surface area contributed by atoms with Crippen molar-refractivity contribution in [1.29, 1.82) is 5.26 Å². The van der Waals surface area contributed by atoms with Crippen LogP contribution in [-0.4, -0.2) is 71.3 Å². The van der Waals surface area contributed by atoms with E-state index in [0.29, 0.717) is 37.2 Å². The molecule has 0 aliphatic carbocycles. The van der Waals surface area contributed by atoms with Crippen LogP contribution in [0, 0.1) is 11.3 Å². The highest BCUT2D eigenvalue weighted by molar-refractivity contribution is 6.02. The maximum Gasteiger partial charge on any atom is 0.248 e. The Morgan fingerprint density at radius 2 is 2.14 bits per heavy atom. The third-order valence-electron chi connectivity index (χ3n) is 6.11. The Hall–Kier alpha value is -2.96. The minimum absolute atomic E-state index is 0.0310. The molecule has 3 aliphatic rings. The number of carbonyl (C=O) groups is 3. The van der Waals surface area contributed by atoms with Gasteiger partial charge in [0.05, 0.1) is 24.2 Å². The predicted octanol–water partition coefficient (Wildman–Crippen LogP) is -0.583. The van der Waals surface area contributed by atoms with E-state index < -0.39 is 18.0 Å². The van der Waals surface area contributed by atoms with E-state index in [4.69, 9.17) is 11.5 Å². The van der Waals surface area contributed by atoms with Gasteiger partial charge in [-0.3, -0.25) is 19.3 Å². The molecule has 4 rings (SSSR count). The first kappa shape index (κ1) is 19.4. The van der Waals surface area contributed by atoms with Crippen molar-refractivity contribution < 1.29 is 14.4 Å². The standard InChI is InChI=1S/C20H24N6O3/c21-9-14-5-2-6-25(14)19(28)16(22)11-24-10-15-8-17(24)20(29)26(15)13-4-1-3-12(7-13)18(23)27/h1,3-4,7,14-17H,2,5-6,8,10-11,22H2,(H2,23,27)/t14?,15-,16?,17?/m0/s1. The number of rotatable bonds is 5. The highest BCUT2D eigenvalue weighted by Crippen LogP contribution is 2.36. The average Bonchev–Trinajstić information content (AvgIpc) is 3.41. The lowest BCUT2D eigenvalue weighted by atomic mass is 10.1. The monoisotopic (exact) mass is 396 g/mol. The maximum absolute atomic E-state index is 13.0. The lowest BCUT2D eigenvalue weighted by Crippen LogP contribution is -2.56. The summed E-state index contributed by atoms with van der Waals surface area (Å²) in [5.41, 5.74) is 12.5. The molecule has 29 heavy (non-hydrogen) atoms. The quantitative estimate of drug-likeness (QED) is 0.683. The molecule has 1 aromatic carbocycles. The van der Waals surface area contributed by atoms with Gasteiger partial charge in [0.2, 0.25) is 17.7 Å². The zero-order chi connectivity index (χ0) is 20.7. The average molecular weight is 396 g/mol. The minimum atomic E-state index is -0.761. The van der Waals surface area contributed by atoms with E-state index >= 15 is 0 Å². The molecule has 3 fully saturated rings. The fourth-order valence-corrected chi connectivity index (χ4v) is 4.72. The summed E-state index contributed by atoms with van der Waals surface area (Å²) in [5.74, 6) is -0.818. The normalized spacial score (nSPS) is 27.3. The number of nitriles is 1. The Bertz CT molecular complexity index is 896. The van der Waals surface area contributed by atoms with Crippen LogP contribution < -0.4 is 16.4 Å². The first-order valence-electron chi connectivity index (χ1n) is 9.83. The molecule has 4 atom stereocenters. The highest BCUT2D eigenvalue weighted by atomic mass is 16.2. The van der Waals surface area contributed by atoms with Crippen LogP contribution in [0.2, 0.25) is 0 Å². The van der Waals surface area contributed by atoms with E-state index in [-0.39, 0.29) is 30.4 Å². The molecule has 3 amide bonds. The first-order chi connectivity index (χ1) is 13.9. The lowest BCUT2D eigenvalue weighted by molar-refractivity contribution is -0.134. The zero-order valence-corrected chi connectivity index (χ0v) is 16.0. The molecule has 152 valence electrons. The summed E-state index contributed by atoms with van der Waals surface area (Å²) < 4.78 is 0. The molecule has 0 spiro atoms. The van der Waals surface area contributed by atoms with E-state index in [1.165, 1.54) is 0 Å². The maximum atomic E-state index is 13.0. The molecule has 1 aromatic rings. The third kappa shape index (κ3) is 3.34. The van der Waals surface area contributed by atoms with Gasteiger partial charge in [0, 0.05) is 30.9 Å². The summed E-state index contributed by atoms with van der Waals surface area (Å²) in [6.45, 7) is 1.45. The Morgan fingerprint density at radius 3 is 2.83 bits per heavy atom. The van der Waals surface area contributed by atoms with Crippen LogP contribution in [0.5, 0.6) is 0 Å². The summed E-state index contributed by atoms with van der Waals surface area (Å²) in [4.78, 5) is 42.3. The smallest absolute Gasteiger partial charge is 0.248 e. The molecule has 9 heteroatoms. The van der Waals surface area contributed by atoms with Gasteiger partial charge in [-0.2, -0.15) is 5.26 Å². The van der Waals surface area contributed by atoms with Crippen LogP contribution in [0.25, 0.3) is 0 Å². The number of primary amides is 1. The molecular formula is C20H24N6O3. The summed E-state index contributed by atoms with van der Waals surface area (Å²) in [5, 5.41) is 9.19. The second kappa shape index (κ2) is 7.46. The number of carbonyl (C=O) groups excluding carboxylic acids is 3. The minimum Gasteiger partial charge on any atom is -0.366 e. The lowest BCUT2D eigenvalue weighted by Gasteiger charge is -2.35. The van der Waals surface area contributed by atoms with Crippen molar-refractivity contribution >= 4 is 23.4 Å². The molecular weight excluding hydrogens is 372 g/mol. The van der Waals surface area contributed by atoms with Gasteiger partial charge in [-0.1, -0.05) is 6.07 Å². The molecule has 9 nitrogen and oxygen atoms in total. The van der Waals surface area contributed by atoms with Gasteiger partial charge in [-0.05, 0) is 37.5 Å². The molecule has 3 unspecified atom stereocenters. The van der Waals surface area contributed by atoms with E-state index in [0.717, 1.165) is 6.42 Å². The van der Waals surface area contributed by atoms with Gasteiger partial charge in [0.25, 0.3) is 0 Å². The molecule has 0 radical (unpaired) electrons. The number of amides is 3. The molecule has 4 N–H and O–H groups in total. The number of piperazine rings is 1. The molecule has 0 aromatic heterocycles. The molecule has 0 saturated carbocycles. The van der Waals surface area contributed by atoms with Crippen molar-refractivity contribution in [2.45, 2.75) is 43.4 Å². The van der Waals surface area contributed by atoms with E-state index in [9.17, 15) is 19.6 Å². The van der Waals surface area contributed by atoms with Gasteiger partial charge in [-0.25, -0.2) is 0 Å². The Kier molecular flexibility index (Phi) is 4.98. The second-order valence-corrected chi connectivity index (χ2v) is 7.91. The summed E-state index contributed by atoms with van der Waals surface area (Å²) in [7, 11) is 0. The van der Waals surface area contributed by atoms with Crippen molar-refractivity contribution in [2.75, 3.05) is 24.5 Å². The van der Waals surface area contributed by atoms with Gasteiger partial charge in [0.15, 0.2) is 0 Å². The van der Waals surface area contributed by atoms with Crippen molar-refractivity contribution in [1.82, 2.24) is 9.80 Å². The van der Waals surface area contributed by atoms with Crippen molar-refractivity contribution in [2.24, 2.45) is 11.5 Å². The molecule has 3 saturated heterocycles. The van der Waals surface area contributed by atoms with Gasteiger partial charge in [0.1, 0.15) is 6.04 Å². The van der Waals surface area contributed by atoms with Crippen LogP contribution in [0.15, 0.2) is 24.3 Å². The number of likely N-dealkylation sites (tertiary alicyclic amines) is 2. The number of hydrogen-bond donors (Lipinski definition) is 2. The van der Waals surface area contributed by atoms with Crippen LogP contribution in [0.3, 0.4) is 0 Å². The van der Waals surface area contributed by atoms with Crippen LogP contribution >= 0.6 is 0 Å². The van der Waals surface area contributed by atoms with Gasteiger partial charge >= 0.3 is 0 Å². The number of anilines is 1. The fraction of sp³-hybridized carbons (Fsp3) is 0.500. The number of benzene rings is 1. The topological polar surface area (TPSA) is 137 Å². The van der Waals surface area contributed by atoms with E-state index in [2.05, 4.69) is 6.07 Å². The molecule has 3 heterocycles. The Balaban J connectivity index is 1.42. The fourth-order valence-electron chi connectivity index (χ4n) is 4.72. The predicted molar refractivity (Wildman–Crippen MR) is 105 cm³/mol. The number of fused-ring (bicyclic) bond motifs is 2. The second-order valence-electron chi connectivity index (χ2n) is 7.91. The number of hydrogen-bond acceptors (Lipinski definition) is 6. The van der Waals surface area contributed by atoms with Crippen molar-refractivity contribution in [3.63, 3.8) is 0 Å². The Labute approximate surface area is 168 Å². The Morgan fingerprint density at radius 1 is 1.34 bits per heavy atom. The summed E-state index contributed by atoms with van der Waals surface area (Å²) in [6, 6.07) is 7.38. The molecule has 3 aliphatic heterocycles. The van der Waals surface area contributed by atoms with Crippen LogP contribution in [0.1, 0.15) is 29.6 Å². The number of nitrogens with zero attached hydrogens (tertiary/aromatic N) is 4. The van der Waals surface area contributed by atoms with Crippen molar-refractivity contribution in [3.8, 4) is 6.07 Å².